The van der Waals surface area contributed by atoms with Crippen molar-refractivity contribution in [2.75, 3.05) is 11.9 Å². The molecule has 0 aliphatic rings. The second-order valence-corrected chi connectivity index (χ2v) is 3.87. The number of benzene rings is 1. The smallest absolute Gasteiger partial charge is 0.294 e. The van der Waals surface area contributed by atoms with Gasteiger partial charge in [-0.1, -0.05) is 17.0 Å². The highest BCUT2D eigenvalue weighted by Crippen LogP contribution is 2.11. The molecule has 0 fully saturated rings. The highest BCUT2D eigenvalue weighted by atomic mass is 16.5. The summed E-state index contributed by atoms with van der Waals surface area (Å²) in [5.41, 5.74) is 7.47. The first-order valence-electron chi connectivity index (χ1n) is 5.72. The van der Waals surface area contributed by atoms with Crippen LogP contribution in [0.15, 0.2) is 34.9 Å². The van der Waals surface area contributed by atoms with E-state index in [4.69, 9.17) is 10.3 Å². The van der Waals surface area contributed by atoms with Gasteiger partial charge < -0.3 is 15.6 Å². The Kier molecular flexibility index (Phi) is 3.96. The molecule has 0 unspecified atom stereocenters. The predicted molar refractivity (Wildman–Crippen MR) is 71.6 cm³/mol. The Morgan fingerprint density at radius 2 is 2.16 bits per heavy atom. The molecule has 1 aromatic carbocycles. The van der Waals surface area contributed by atoms with Gasteiger partial charge in [0.2, 0.25) is 5.76 Å². The van der Waals surface area contributed by atoms with Crippen LogP contribution in [0.2, 0.25) is 0 Å². The zero-order valence-corrected chi connectivity index (χ0v) is 10.4. The molecule has 0 aliphatic heterocycles. The van der Waals surface area contributed by atoms with Crippen LogP contribution in [0.1, 0.15) is 21.8 Å². The molecular formula is C14H13N3O2. The molecule has 3 N–H and O–H groups in total. The van der Waals surface area contributed by atoms with Crippen molar-refractivity contribution in [2.45, 2.75) is 6.92 Å². The molecule has 0 saturated carbocycles. The summed E-state index contributed by atoms with van der Waals surface area (Å²) < 4.78 is 4.88. The molecule has 0 bridgehead atoms. The maximum atomic E-state index is 11.8. The number of carbonyl (C=O) groups excluding carboxylic acids is 1. The van der Waals surface area contributed by atoms with Crippen LogP contribution in [0.5, 0.6) is 0 Å². The minimum Gasteiger partial charge on any atom is -0.351 e. The summed E-state index contributed by atoms with van der Waals surface area (Å²) in [7, 11) is 0. The first-order valence-corrected chi connectivity index (χ1v) is 5.72. The molecule has 5 heteroatoms. The van der Waals surface area contributed by atoms with Crippen molar-refractivity contribution in [1.29, 1.82) is 0 Å². The monoisotopic (exact) mass is 255 g/mol. The predicted octanol–water partition coefficient (Wildman–Crippen LogP) is 1.55. The molecule has 0 spiro atoms. The lowest BCUT2D eigenvalue weighted by Crippen LogP contribution is -2.10. The van der Waals surface area contributed by atoms with Crippen molar-refractivity contribution < 1.29 is 9.32 Å². The number of hydrogen-bond donors (Lipinski definition) is 2. The molecule has 0 aliphatic carbocycles. The quantitative estimate of drug-likeness (QED) is 0.798. The van der Waals surface area contributed by atoms with Crippen LogP contribution in [0, 0.1) is 18.8 Å². The molecule has 19 heavy (non-hydrogen) atoms. The van der Waals surface area contributed by atoms with Crippen LogP contribution in [0.3, 0.4) is 0 Å². The first kappa shape index (κ1) is 12.9. The number of hydrogen-bond acceptors (Lipinski definition) is 4. The summed E-state index contributed by atoms with van der Waals surface area (Å²) in [5.74, 6) is 5.52. The van der Waals surface area contributed by atoms with E-state index in [0.717, 1.165) is 5.56 Å². The third kappa shape index (κ3) is 3.44. The van der Waals surface area contributed by atoms with Gasteiger partial charge in [0, 0.05) is 17.3 Å². The number of nitrogens with two attached hydrogens (primary N) is 1. The lowest BCUT2D eigenvalue weighted by atomic mass is 10.2. The van der Waals surface area contributed by atoms with E-state index in [2.05, 4.69) is 22.3 Å². The summed E-state index contributed by atoms with van der Waals surface area (Å²) in [5, 5.41) is 6.37. The van der Waals surface area contributed by atoms with Crippen molar-refractivity contribution in [2.24, 2.45) is 5.73 Å². The molecule has 1 amide bonds. The molecule has 1 aromatic heterocycles. The molecule has 1 heterocycles. The van der Waals surface area contributed by atoms with E-state index in [0.29, 0.717) is 17.9 Å². The van der Waals surface area contributed by atoms with Gasteiger partial charge in [0.25, 0.3) is 5.91 Å². The molecule has 96 valence electrons. The Bertz CT molecular complexity index is 633. The zero-order valence-electron chi connectivity index (χ0n) is 10.4. The van der Waals surface area contributed by atoms with Gasteiger partial charge >= 0.3 is 0 Å². The summed E-state index contributed by atoms with van der Waals surface area (Å²) >= 11 is 0. The van der Waals surface area contributed by atoms with Gasteiger partial charge in [0.05, 0.1) is 12.2 Å². The second-order valence-electron chi connectivity index (χ2n) is 3.87. The summed E-state index contributed by atoms with van der Waals surface area (Å²) in [6, 6.07) is 8.73. The van der Waals surface area contributed by atoms with E-state index in [-0.39, 0.29) is 11.7 Å². The van der Waals surface area contributed by atoms with Crippen molar-refractivity contribution in [3.05, 3.63) is 47.3 Å². The molecule has 2 aromatic rings. The van der Waals surface area contributed by atoms with E-state index < -0.39 is 0 Å². The van der Waals surface area contributed by atoms with Gasteiger partial charge in [-0.25, -0.2) is 0 Å². The van der Waals surface area contributed by atoms with Crippen molar-refractivity contribution >= 4 is 11.6 Å². The molecule has 0 radical (unpaired) electrons. The number of amides is 1. The zero-order chi connectivity index (χ0) is 13.7. The van der Waals surface area contributed by atoms with E-state index in [9.17, 15) is 4.79 Å². The van der Waals surface area contributed by atoms with E-state index >= 15 is 0 Å². The van der Waals surface area contributed by atoms with Gasteiger partial charge in [0.1, 0.15) is 0 Å². The Balaban J connectivity index is 2.05. The summed E-state index contributed by atoms with van der Waals surface area (Å²) in [6.45, 7) is 2.08. The number of carbonyl (C=O) groups is 1. The molecule has 2 rings (SSSR count). The van der Waals surface area contributed by atoms with Crippen LogP contribution in [-0.4, -0.2) is 17.6 Å². The minimum atomic E-state index is -0.332. The van der Waals surface area contributed by atoms with Gasteiger partial charge in [0.15, 0.2) is 0 Å². The van der Waals surface area contributed by atoms with Crippen molar-refractivity contribution in [1.82, 2.24) is 5.16 Å². The largest absolute Gasteiger partial charge is 0.351 e. The van der Waals surface area contributed by atoms with E-state index in [1.165, 1.54) is 0 Å². The van der Waals surface area contributed by atoms with Gasteiger partial charge in [-0.3, -0.25) is 4.79 Å². The fraction of sp³-hybridized carbons (Fsp3) is 0.143. The molecule has 0 saturated heterocycles. The van der Waals surface area contributed by atoms with E-state index in [1.54, 1.807) is 25.1 Å². The highest BCUT2D eigenvalue weighted by molar-refractivity contribution is 6.02. The maximum absolute atomic E-state index is 11.8. The number of anilines is 1. The van der Waals surface area contributed by atoms with Gasteiger partial charge in [-0.15, -0.1) is 0 Å². The lowest BCUT2D eigenvalue weighted by molar-refractivity contribution is 0.0988. The third-order valence-corrected chi connectivity index (χ3v) is 2.33. The molecule has 5 nitrogen and oxygen atoms in total. The fourth-order valence-electron chi connectivity index (χ4n) is 1.45. The Morgan fingerprint density at radius 3 is 2.74 bits per heavy atom. The van der Waals surface area contributed by atoms with Crippen LogP contribution in [-0.2, 0) is 0 Å². The van der Waals surface area contributed by atoms with Gasteiger partial charge in [-0.2, -0.15) is 0 Å². The molecule has 0 atom stereocenters. The Morgan fingerprint density at radius 1 is 1.42 bits per heavy atom. The van der Waals surface area contributed by atoms with E-state index in [1.807, 2.05) is 12.1 Å². The van der Waals surface area contributed by atoms with Gasteiger partial charge in [-0.05, 0) is 31.2 Å². The average Bonchev–Trinajstić information content (AvgIpc) is 2.85. The Hall–Kier alpha value is -2.58. The summed E-state index contributed by atoms with van der Waals surface area (Å²) in [4.78, 5) is 11.8. The Labute approximate surface area is 110 Å². The number of nitrogens with one attached hydrogen (secondary N) is 1. The number of aryl methyl sites for hydroxylation is 1. The van der Waals surface area contributed by atoms with Crippen molar-refractivity contribution in [3.63, 3.8) is 0 Å². The normalized spacial score (nSPS) is 9.58. The SMILES string of the molecule is Cc1cc(C(=O)Nc2ccc(C#CCN)cc2)on1. The van der Waals surface area contributed by atoms with Crippen molar-refractivity contribution in [3.8, 4) is 11.8 Å². The minimum absolute atomic E-state index is 0.185. The topological polar surface area (TPSA) is 81.2 Å². The lowest BCUT2D eigenvalue weighted by Gasteiger charge is -2.02. The van der Waals surface area contributed by atoms with Crippen LogP contribution in [0.25, 0.3) is 0 Å². The number of nitrogens with zero attached hydrogens (tertiary/aromatic N) is 1. The average molecular weight is 255 g/mol. The second kappa shape index (κ2) is 5.85. The fourth-order valence-corrected chi connectivity index (χ4v) is 1.45. The standard InChI is InChI=1S/C14H13N3O2/c1-10-9-13(19-17-10)14(18)16-12-6-4-11(5-7-12)3-2-8-15/h4-7,9H,8,15H2,1H3,(H,16,18). The van der Waals surface area contributed by atoms with Crippen LogP contribution < -0.4 is 11.1 Å². The van der Waals surface area contributed by atoms with Crippen LogP contribution in [0.4, 0.5) is 5.69 Å². The number of aromatic nitrogens is 1. The maximum Gasteiger partial charge on any atom is 0.294 e. The summed E-state index contributed by atoms with van der Waals surface area (Å²) in [6.07, 6.45) is 0. The first-order chi connectivity index (χ1) is 9.19. The van der Waals surface area contributed by atoms with Crippen LogP contribution >= 0.6 is 0 Å². The number of rotatable bonds is 2. The third-order valence-electron chi connectivity index (χ3n) is 2.33. The highest BCUT2D eigenvalue weighted by Gasteiger charge is 2.11. The molecular weight excluding hydrogens is 242 g/mol.